The molecule has 2 aromatic rings. The van der Waals surface area contributed by atoms with Crippen molar-refractivity contribution in [3.05, 3.63) is 23.0 Å². The minimum absolute atomic E-state index is 0.0645. The van der Waals surface area contributed by atoms with Crippen molar-refractivity contribution in [2.24, 2.45) is 5.92 Å². The quantitative estimate of drug-likeness (QED) is 0.825. The van der Waals surface area contributed by atoms with E-state index in [9.17, 15) is 4.79 Å². The molecule has 1 aliphatic rings. The van der Waals surface area contributed by atoms with Crippen LogP contribution in [0.1, 0.15) is 50.6 Å². The first-order chi connectivity index (χ1) is 12.5. The summed E-state index contributed by atoms with van der Waals surface area (Å²) in [7, 11) is 0. The van der Waals surface area contributed by atoms with Crippen LogP contribution in [0.4, 0.5) is 5.82 Å². The summed E-state index contributed by atoms with van der Waals surface area (Å²) >= 11 is 0. The Balaban J connectivity index is 1.95. The molecule has 1 atom stereocenters. The van der Waals surface area contributed by atoms with Crippen LogP contribution >= 0.6 is 0 Å². The number of piperidine rings is 1. The summed E-state index contributed by atoms with van der Waals surface area (Å²) in [6, 6.07) is 2.14. The molecule has 0 unspecified atom stereocenters. The van der Waals surface area contributed by atoms with Gasteiger partial charge in [0.05, 0.1) is 11.6 Å². The summed E-state index contributed by atoms with van der Waals surface area (Å²) in [6.07, 6.45) is 2.89. The number of rotatable bonds is 5. The zero-order chi connectivity index (χ0) is 18.8. The van der Waals surface area contributed by atoms with E-state index in [1.54, 1.807) is 0 Å². The fourth-order valence-electron chi connectivity index (χ4n) is 3.85. The second-order valence-corrected chi connectivity index (χ2v) is 7.20. The summed E-state index contributed by atoms with van der Waals surface area (Å²) in [6.45, 7) is 13.6. The van der Waals surface area contributed by atoms with Crippen molar-refractivity contribution in [3.8, 4) is 0 Å². The molecule has 3 heterocycles. The molecule has 6 nitrogen and oxygen atoms in total. The molecular formula is C20H31N5O. The predicted molar refractivity (Wildman–Crippen MR) is 105 cm³/mol. The van der Waals surface area contributed by atoms with Crippen molar-refractivity contribution in [2.75, 3.05) is 31.1 Å². The van der Waals surface area contributed by atoms with Gasteiger partial charge in [0.1, 0.15) is 5.82 Å². The van der Waals surface area contributed by atoms with Gasteiger partial charge in [0.25, 0.3) is 0 Å². The molecule has 142 valence electrons. The van der Waals surface area contributed by atoms with Crippen molar-refractivity contribution in [3.63, 3.8) is 0 Å². The monoisotopic (exact) mass is 357 g/mol. The largest absolute Gasteiger partial charge is 0.356 e. The van der Waals surface area contributed by atoms with Gasteiger partial charge in [-0.1, -0.05) is 6.92 Å². The minimum Gasteiger partial charge on any atom is -0.356 e. The van der Waals surface area contributed by atoms with Gasteiger partial charge in [0, 0.05) is 43.5 Å². The average Bonchev–Trinajstić information content (AvgIpc) is 2.96. The van der Waals surface area contributed by atoms with E-state index < -0.39 is 0 Å². The standard InChI is InChI=1S/C20H31N5O/c1-6-17-12-18(25-19(21-17)14(4)15(5)22-25)24-11-9-10-16(13-24)20(26)23(7-2)8-3/h12,16H,6-11,13H2,1-5H3/t16-/m1/s1. The highest BCUT2D eigenvalue weighted by Crippen LogP contribution is 2.27. The van der Waals surface area contributed by atoms with Crippen LogP contribution in [0.15, 0.2) is 6.07 Å². The number of aromatic nitrogens is 3. The maximum absolute atomic E-state index is 12.8. The van der Waals surface area contributed by atoms with E-state index in [1.807, 2.05) is 16.3 Å². The van der Waals surface area contributed by atoms with E-state index in [-0.39, 0.29) is 11.8 Å². The van der Waals surface area contributed by atoms with Gasteiger partial charge in [-0.15, -0.1) is 0 Å². The fourth-order valence-corrected chi connectivity index (χ4v) is 3.85. The SMILES string of the molecule is CCc1cc(N2CCC[C@@H](C(=O)N(CC)CC)C2)n2nc(C)c(C)c2n1. The van der Waals surface area contributed by atoms with Crippen LogP contribution in [0.25, 0.3) is 5.65 Å². The first-order valence-corrected chi connectivity index (χ1v) is 9.89. The van der Waals surface area contributed by atoms with Crippen molar-refractivity contribution in [1.82, 2.24) is 19.5 Å². The lowest BCUT2D eigenvalue weighted by Gasteiger charge is -2.35. The summed E-state index contributed by atoms with van der Waals surface area (Å²) in [4.78, 5) is 21.9. The Hall–Kier alpha value is -2.11. The van der Waals surface area contributed by atoms with Crippen LogP contribution in [-0.2, 0) is 11.2 Å². The Morgan fingerprint density at radius 1 is 1.27 bits per heavy atom. The molecule has 0 bridgehead atoms. The first-order valence-electron chi connectivity index (χ1n) is 9.89. The van der Waals surface area contributed by atoms with Gasteiger partial charge in [0.2, 0.25) is 5.91 Å². The summed E-state index contributed by atoms with van der Waals surface area (Å²) in [5.74, 6) is 1.42. The van der Waals surface area contributed by atoms with Gasteiger partial charge < -0.3 is 9.80 Å². The highest BCUT2D eigenvalue weighted by atomic mass is 16.2. The molecule has 1 aliphatic heterocycles. The van der Waals surface area contributed by atoms with Crippen LogP contribution in [0, 0.1) is 19.8 Å². The van der Waals surface area contributed by atoms with E-state index in [0.717, 1.165) is 73.9 Å². The highest BCUT2D eigenvalue weighted by Gasteiger charge is 2.30. The lowest BCUT2D eigenvalue weighted by molar-refractivity contribution is -0.135. The Morgan fingerprint density at radius 3 is 2.65 bits per heavy atom. The maximum Gasteiger partial charge on any atom is 0.227 e. The molecule has 0 spiro atoms. The van der Waals surface area contributed by atoms with Crippen LogP contribution in [0.3, 0.4) is 0 Å². The molecule has 2 aromatic heterocycles. The second kappa shape index (κ2) is 7.64. The lowest BCUT2D eigenvalue weighted by Crippen LogP contribution is -2.45. The Bertz CT molecular complexity index is 793. The first kappa shape index (κ1) is 18.7. The molecule has 3 rings (SSSR count). The topological polar surface area (TPSA) is 53.7 Å². The molecule has 1 saturated heterocycles. The Labute approximate surface area is 156 Å². The molecule has 1 amide bonds. The van der Waals surface area contributed by atoms with Gasteiger partial charge >= 0.3 is 0 Å². The zero-order valence-corrected chi connectivity index (χ0v) is 16.7. The number of fused-ring (bicyclic) bond motifs is 1. The van der Waals surface area contributed by atoms with Gasteiger partial charge in [-0.3, -0.25) is 4.79 Å². The van der Waals surface area contributed by atoms with Gasteiger partial charge in [-0.2, -0.15) is 9.61 Å². The number of nitrogens with zero attached hydrogens (tertiary/aromatic N) is 5. The third kappa shape index (κ3) is 3.29. The third-order valence-corrected chi connectivity index (χ3v) is 5.62. The number of hydrogen-bond donors (Lipinski definition) is 0. The minimum atomic E-state index is 0.0645. The van der Waals surface area contributed by atoms with Crippen molar-refractivity contribution < 1.29 is 4.79 Å². The number of anilines is 1. The normalized spacial score (nSPS) is 17.7. The summed E-state index contributed by atoms with van der Waals surface area (Å²) in [5, 5.41) is 4.72. The predicted octanol–water partition coefficient (Wildman–Crippen LogP) is 2.99. The van der Waals surface area contributed by atoms with Crippen LogP contribution in [0.2, 0.25) is 0 Å². The molecule has 0 aromatic carbocycles. The fraction of sp³-hybridized carbons (Fsp3) is 0.650. The molecule has 26 heavy (non-hydrogen) atoms. The number of carbonyl (C=O) groups is 1. The third-order valence-electron chi connectivity index (χ3n) is 5.62. The van der Waals surface area contributed by atoms with E-state index >= 15 is 0 Å². The average molecular weight is 358 g/mol. The van der Waals surface area contributed by atoms with E-state index in [0.29, 0.717) is 0 Å². The number of carbonyl (C=O) groups excluding carboxylic acids is 1. The van der Waals surface area contributed by atoms with Crippen molar-refractivity contribution in [1.29, 1.82) is 0 Å². The smallest absolute Gasteiger partial charge is 0.227 e. The van der Waals surface area contributed by atoms with Crippen molar-refractivity contribution in [2.45, 2.75) is 53.9 Å². The van der Waals surface area contributed by atoms with Crippen molar-refractivity contribution >= 4 is 17.4 Å². The van der Waals surface area contributed by atoms with E-state index in [2.05, 4.69) is 38.7 Å². The molecule has 0 aliphatic carbocycles. The molecule has 0 N–H and O–H groups in total. The molecule has 6 heteroatoms. The van der Waals surface area contributed by atoms with Crippen LogP contribution in [0.5, 0.6) is 0 Å². The number of hydrogen-bond acceptors (Lipinski definition) is 4. The maximum atomic E-state index is 12.8. The molecule has 1 fully saturated rings. The van der Waals surface area contributed by atoms with Gasteiger partial charge in [-0.25, -0.2) is 4.98 Å². The molecular weight excluding hydrogens is 326 g/mol. The highest BCUT2D eigenvalue weighted by molar-refractivity contribution is 5.79. The van der Waals surface area contributed by atoms with Crippen LogP contribution in [-0.4, -0.2) is 51.6 Å². The lowest BCUT2D eigenvalue weighted by atomic mass is 9.96. The Morgan fingerprint density at radius 2 is 2.00 bits per heavy atom. The molecule has 0 saturated carbocycles. The molecule has 0 radical (unpaired) electrons. The number of aryl methyl sites for hydroxylation is 3. The summed E-state index contributed by atoms with van der Waals surface area (Å²) < 4.78 is 1.97. The summed E-state index contributed by atoms with van der Waals surface area (Å²) in [5.41, 5.74) is 4.16. The zero-order valence-electron chi connectivity index (χ0n) is 16.7. The second-order valence-electron chi connectivity index (χ2n) is 7.20. The van der Waals surface area contributed by atoms with Gasteiger partial charge in [-0.05, 0) is 47.0 Å². The Kier molecular flexibility index (Phi) is 5.49. The van der Waals surface area contributed by atoms with Gasteiger partial charge in [0.15, 0.2) is 5.65 Å². The van der Waals surface area contributed by atoms with Crippen LogP contribution < -0.4 is 4.90 Å². The van der Waals surface area contributed by atoms with E-state index in [4.69, 9.17) is 10.1 Å². The number of amides is 1. The van der Waals surface area contributed by atoms with E-state index in [1.165, 1.54) is 0 Å².